The third kappa shape index (κ3) is 2.46. The first-order valence-electron chi connectivity index (χ1n) is 7.66. The highest BCUT2D eigenvalue weighted by molar-refractivity contribution is 5.98. The zero-order valence-electron chi connectivity index (χ0n) is 12.6. The quantitative estimate of drug-likeness (QED) is 0.734. The van der Waals surface area contributed by atoms with Crippen molar-refractivity contribution in [2.24, 2.45) is 0 Å². The van der Waals surface area contributed by atoms with E-state index in [1.165, 1.54) is 21.9 Å². The first kappa shape index (κ1) is 13.9. The number of carbonyl (C=O) groups is 1. The van der Waals surface area contributed by atoms with E-state index in [1.807, 2.05) is 13.0 Å². The van der Waals surface area contributed by atoms with Crippen LogP contribution in [0, 0.1) is 0 Å². The molecule has 0 N–H and O–H groups in total. The van der Waals surface area contributed by atoms with Crippen LogP contribution in [0.4, 0.5) is 0 Å². The molecule has 0 saturated carbocycles. The maximum atomic E-state index is 11.9. The van der Waals surface area contributed by atoms with Crippen LogP contribution in [-0.4, -0.2) is 5.97 Å². The molecule has 1 aliphatic carbocycles. The van der Waals surface area contributed by atoms with Crippen molar-refractivity contribution in [3.8, 4) is 0 Å². The number of allylic oxidation sites excluding steroid dienone is 1. The number of carbonyl (C=O) groups excluding carboxylic acids is 1. The van der Waals surface area contributed by atoms with Crippen LogP contribution >= 0.6 is 0 Å². The molecule has 0 saturated heterocycles. The fourth-order valence-corrected chi connectivity index (χ4v) is 3.05. The van der Waals surface area contributed by atoms with Gasteiger partial charge in [0, 0.05) is 12.0 Å². The highest BCUT2D eigenvalue weighted by Gasteiger charge is 2.23. The van der Waals surface area contributed by atoms with Gasteiger partial charge in [0.2, 0.25) is 0 Å². The molecule has 2 nitrogen and oxygen atoms in total. The molecule has 1 unspecified atom stereocenters. The summed E-state index contributed by atoms with van der Waals surface area (Å²) in [6.07, 6.45) is 4.08. The van der Waals surface area contributed by atoms with Crippen molar-refractivity contribution in [2.75, 3.05) is 0 Å². The molecule has 1 aliphatic rings. The monoisotopic (exact) mass is 280 g/mol. The molecule has 0 fully saturated rings. The lowest BCUT2D eigenvalue weighted by Gasteiger charge is -2.25. The Morgan fingerprint density at radius 2 is 1.90 bits per heavy atom. The Balaban J connectivity index is 2.10. The van der Waals surface area contributed by atoms with Gasteiger partial charge in [-0.2, -0.15) is 0 Å². The second-order valence-electron chi connectivity index (χ2n) is 5.46. The number of hydrogen-bond donors (Lipinski definition) is 0. The highest BCUT2D eigenvalue weighted by atomic mass is 16.5. The van der Waals surface area contributed by atoms with E-state index in [1.54, 1.807) is 0 Å². The van der Waals surface area contributed by atoms with E-state index >= 15 is 0 Å². The van der Waals surface area contributed by atoms with Gasteiger partial charge in [-0.05, 0) is 40.8 Å². The topological polar surface area (TPSA) is 26.3 Å². The fourth-order valence-electron chi connectivity index (χ4n) is 3.05. The maximum Gasteiger partial charge on any atom is 0.306 e. The van der Waals surface area contributed by atoms with Crippen LogP contribution in [0.1, 0.15) is 50.3 Å². The summed E-state index contributed by atoms with van der Waals surface area (Å²) < 4.78 is 5.70. The summed E-state index contributed by atoms with van der Waals surface area (Å²) in [5.41, 5.74) is 3.63. The van der Waals surface area contributed by atoms with E-state index in [0.717, 1.165) is 18.4 Å². The number of rotatable bonds is 4. The van der Waals surface area contributed by atoms with Crippen molar-refractivity contribution < 1.29 is 9.53 Å². The standard InChI is InChI=1S/C19H20O2/c1-3-7-18(20)21-17-12-13(4-2)15-10-5-8-14-9-6-11-16(17)19(14)15/h5-6,8-12,17H,3-4,7H2,1-2H3. The first-order valence-corrected chi connectivity index (χ1v) is 7.66. The van der Waals surface area contributed by atoms with Crippen LogP contribution in [0.25, 0.3) is 16.3 Å². The molecule has 0 aromatic heterocycles. The first-order chi connectivity index (χ1) is 10.2. The van der Waals surface area contributed by atoms with Crippen LogP contribution in [0.15, 0.2) is 42.5 Å². The Morgan fingerprint density at radius 3 is 2.62 bits per heavy atom. The molecule has 0 radical (unpaired) electrons. The van der Waals surface area contributed by atoms with Gasteiger partial charge >= 0.3 is 5.97 Å². The third-order valence-corrected chi connectivity index (χ3v) is 4.04. The van der Waals surface area contributed by atoms with Crippen molar-refractivity contribution in [2.45, 2.75) is 39.2 Å². The van der Waals surface area contributed by atoms with E-state index in [9.17, 15) is 4.79 Å². The third-order valence-electron chi connectivity index (χ3n) is 4.04. The zero-order chi connectivity index (χ0) is 14.8. The summed E-state index contributed by atoms with van der Waals surface area (Å²) in [7, 11) is 0. The fraction of sp³-hybridized carbons (Fsp3) is 0.316. The minimum atomic E-state index is -0.252. The Kier molecular flexibility index (Phi) is 3.78. The van der Waals surface area contributed by atoms with Crippen LogP contribution in [0.2, 0.25) is 0 Å². The van der Waals surface area contributed by atoms with Crippen molar-refractivity contribution in [3.63, 3.8) is 0 Å². The lowest BCUT2D eigenvalue weighted by atomic mass is 9.86. The summed E-state index contributed by atoms with van der Waals surface area (Å²) in [6.45, 7) is 4.13. The summed E-state index contributed by atoms with van der Waals surface area (Å²) in [5.74, 6) is -0.120. The molecule has 2 aromatic rings. The van der Waals surface area contributed by atoms with Gasteiger partial charge < -0.3 is 4.74 Å². The van der Waals surface area contributed by atoms with Gasteiger partial charge in [0.1, 0.15) is 6.10 Å². The molecule has 108 valence electrons. The number of esters is 1. The van der Waals surface area contributed by atoms with E-state index in [2.05, 4.69) is 43.3 Å². The normalized spacial score (nSPS) is 16.7. The molecule has 2 aromatic carbocycles. The van der Waals surface area contributed by atoms with Gasteiger partial charge in [-0.3, -0.25) is 4.79 Å². The second kappa shape index (κ2) is 5.72. The maximum absolute atomic E-state index is 11.9. The van der Waals surface area contributed by atoms with Gasteiger partial charge in [-0.25, -0.2) is 0 Å². The lowest BCUT2D eigenvalue weighted by Crippen LogP contribution is -2.13. The van der Waals surface area contributed by atoms with E-state index in [-0.39, 0.29) is 12.1 Å². The van der Waals surface area contributed by atoms with Crippen molar-refractivity contribution in [1.29, 1.82) is 0 Å². The molecule has 21 heavy (non-hydrogen) atoms. The van der Waals surface area contributed by atoms with Gasteiger partial charge in [0.05, 0.1) is 0 Å². The van der Waals surface area contributed by atoms with Gasteiger partial charge in [0.15, 0.2) is 0 Å². The van der Waals surface area contributed by atoms with Crippen LogP contribution in [0.5, 0.6) is 0 Å². The Morgan fingerprint density at radius 1 is 1.14 bits per heavy atom. The average Bonchev–Trinajstić information content (AvgIpc) is 2.50. The summed E-state index contributed by atoms with van der Waals surface area (Å²) in [6, 6.07) is 12.6. The van der Waals surface area contributed by atoms with E-state index in [0.29, 0.717) is 6.42 Å². The SMILES string of the molecule is CCCC(=O)OC1C=C(CC)c2cccc3cccc1c23. The number of benzene rings is 2. The molecule has 0 aliphatic heterocycles. The van der Waals surface area contributed by atoms with E-state index < -0.39 is 0 Å². The second-order valence-corrected chi connectivity index (χ2v) is 5.46. The summed E-state index contributed by atoms with van der Waals surface area (Å²) in [4.78, 5) is 11.9. The molecule has 1 atom stereocenters. The van der Waals surface area contributed by atoms with Crippen molar-refractivity contribution in [3.05, 3.63) is 53.6 Å². The molecular formula is C19H20O2. The molecule has 0 spiro atoms. The summed E-state index contributed by atoms with van der Waals surface area (Å²) in [5, 5.41) is 2.44. The highest BCUT2D eigenvalue weighted by Crippen LogP contribution is 2.40. The molecule has 0 bridgehead atoms. The Hall–Kier alpha value is -2.09. The van der Waals surface area contributed by atoms with Crippen molar-refractivity contribution >= 4 is 22.3 Å². The molecular weight excluding hydrogens is 260 g/mol. The molecule has 2 heteroatoms. The molecule has 0 heterocycles. The Bertz CT molecular complexity index is 707. The van der Waals surface area contributed by atoms with Crippen molar-refractivity contribution in [1.82, 2.24) is 0 Å². The van der Waals surface area contributed by atoms with Gasteiger partial charge in [-0.15, -0.1) is 0 Å². The number of hydrogen-bond acceptors (Lipinski definition) is 2. The van der Waals surface area contributed by atoms with Crippen LogP contribution in [-0.2, 0) is 9.53 Å². The van der Waals surface area contributed by atoms with Gasteiger partial charge in [0.25, 0.3) is 0 Å². The predicted octanol–water partition coefficient (Wildman–Crippen LogP) is 5.03. The minimum Gasteiger partial charge on any atom is -0.453 e. The largest absolute Gasteiger partial charge is 0.453 e. The summed E-state index contributed by atoms with van der Waals surface area (Å²) >= 11 is 0. The van der Waals surface area contributed by atoms with Crippen LogP contribution in [0.3, 0.4) is 0 Å². The predicted molar refractivity (Wildman–Crippen MR) is 86.0 cm³/mol. The Labute approximate surface area is 125 Å². The molecule has 3 rings (SSSR count). The average molecular weight is 280 g/mol. The number of ether oxygens (including phenoxy) is 1. The smallest absolute Gasteiger partial charge is 0.306 e. The zero-order valence-corrected chi connectivity index (χ0v) is 12.6. The molecule has 0 amide bonds. The lowest BCUT2D eigenvalue weighted by molar-refractivity contribution is -0.147. The van der Waals surface area contributed by atoms with E-state index in [4.69, 9.17) is 4.74 Å². The minimum absolute atomic E-state index is 0.120. The van der Waals surface area contributed by atoms with Crippen LogP contribution < -0.4 is 0 Å². The van der Waals surface area contributed by atoms with Gasteiger partial charge in [-0.1, -0.05) is 50.2 Å².